The molecular weight excluding hydrogens is 592 g/mol. The molecule has 3 aromatic rings. The molecule has 6 rings (SSSR count). The van der Waals surface area contributed by atoms with Gasteiger partial charge in [-0.15, -0.1) is 0 Å². The minimum absolute atomic E-state index is 0.0327. The average molecular weight is 629 g/mol. The number of benzene rings is 3. The number of hydrogen-bond donors (Lipinski definition) is 3. The zero-order valence-corrected chi connectivity index (χ0v) is 25.8. The number of nitrogens with zero attached hydrogens (tertiary/aromatic N) is 4. The third-order valence-electron chi connectivity index (χ3n) is 9.02. The molecule has 0 saturated carbocycles. The van der Waals surface area contributed by atoms with Crippen molar-refractivity contribution in [1.82, 2.24) is 15.1 Å². The van der Waals surface area contributed by atoms with Gasteiger partial charge in [-0.2, -0.15) is 10.2 Å². The fourth-order valence-electron chi connectivity index (χ4n) is 6.72. The quantitative estimate of drug-likeness (QED) is 0.251. The third kappa shape index (κ3) is 5.26. The number of ether oxygens (including phenoxy) is 3. The van der Waals surface area contributed by atoms with Crippen LogP contribution in [0, 0.1) is 6.92 Å². The summed E-state index contributed by atoms with van der Waals surface area (Å²) in [7, 11) is 2.58. The van der Waals surface area contributed by atoms with E-state index in [9.17, 15) is 19.5 Å². The van der Waals surface area contributed by atoms with Crippen LogP contribution in [0.15, 0.2) is 83.0 Å². The van der Waals surface area contributed by atoms with Crippen LogP contribution in [-0.2, 0) is 32.0 Å². The van der Waals surface area contributed by atoms with Crippen LogP contribution in [0.4, 0.5) is 25.8 Å². The molecule has 0 spiro atoms. The minimum Gasteiger partial charge on any atom is -0.453 e. The summed E-state index contributed by atoms with van der Waals surface area (Å²) in [5.74, 6) is 0. The lowest BCUT2D eigenvalue weighted by Crippen LogP contribution is -2.55. The van der Waals surface area contributed by atoms with E-state index >= 15 is 0 Å². The second-order valence-electron chi connectivity index (χ2n) is 11.5. The number of alkyl carbamates (subject to hydrolysis) is 1. The van der Waals surface area contributed by atoms with Gasteiger partial charge in [0.2, 0.25) is 0 Å². The molecule has 0 bridgehead atoms. The molecule has 3 amide bonds. The summed E-state index contributed by atoms with van der Waals surface area (Å²) < 4.78 is 15.6. The first-order valence-corrected chi connectivity index (χ1v) is 15.0. The van der Waals surface area contributed by atoms with E-state index in [0.717, 1.165) is 16.7 Å². The number of methoxy groups -OCH3 is 2. The van der Waals surface area contributed by atoms with Gasteiger partial charge >= 0.3 is 18.3 Å². The Morgan fingerprint density at radius 2 is 1.59 bits per heavy atom. The number of carbonyl (C=O) groups excluding carboxylic acids is 3. The van der Waals surface area contributed by atoms with Crippen molar-refractivity contribution in [3.63, 3.8) is 0 Å². The van der Waals surface area contributed by atoms with Crippen molar-refractivity contribution >= 4 is 29.7 Å². The molecule has 3 N–H and O–H groups in total. The van der Waals surface area contributed by atoms with Crippen LogP contribution in [0.25, 0.3) is 0 Å². The maximum Gasteiger partial charge on any atom is 0.411 e. The second-order valence-corrected chi connectivity index (χ2v) is 11.5. The summed E-state index contributed by atoms with van der Waals surface area (Å²) in [6.45, 7) is 2.49. The first-order chi connectivity index (χ1) is 22.2. The molecule has 0 radical (unpaired) electrons. The zero-order chi connectivity index (χ0) is 32.5. The number of fused-ring (bicyclic) bond motifs is 3. The minimum atomic E-state index is -1.34. The van der Waals surface area contributed by atoms with Gasteiger partial charge < -0.3 is 24.6 Å². The Labute approximate surface area is 266 Å². The fraction of sp³-hybridized carbons (Fsp3) is 0.364. The number of carbonyl (C=O) groups is 3. The van der Waals surface area contributed by atoms with Crippen LogP contribution >= 0.6 is 0 Å². The van der Waals surface area contributed by atoms with Gasteiger partial charge in [-0.05, 0) is 29.7 Å². The number of para-hydroxylation sites is 1. The van der Waals surface area contributed by atoms with E-state index in [1.165, 1.54) is 24.0 Å². The molecule has 3 aliphatic rings. The number of nitrogens with one attached hydrogen (secondary N) is 2. The monoisotopic (exact) mass is 628 g/mol. The average Bonchev–Trinajstić information content (AvgIpc) is 3.70. The van der Waals surface area contributed by atoms with Gasteiger partial charge in [0.25, 0.3) is 0 Å². The molecule has 240 valence electrons. The van der Waals surface area contributed by atoms with Crippen molar-refractivity contribution in [2.24, 2.45) is 10.2 Å². The van der Waals surface area contributed by atoms with Crippen LogP contribution in [0.1, 0.15) is 35.1 Å². The largest absolute Gasteiger partial charge is 0.453 e. The second kappa shape index (κ2) is 12.3. The Balaban J connectivity index is 1.38. The highest BCUT2D eigenvalue weighted by Gasteiger charge is 2.56. The predicted octanol–water partition coefficient (Wildman–Crippen LogP) is 5.11. The van der Waals surface area contributed by atoms with Crippen LogP contribution < -0.4 is 10.6 Å². The number of likely N-dealkylation sites (tertiary alicyclic amines) is 2. The predicted molar refractivity (Wildman–Crippen MR) is 166 cm³/mol. The van der Waals surface area contributed by atoms with Crippen molar-refractivity contribution < 1.29 is 33.7 Å². The lowest BCUT2D eigenvalue weighted by atomic mass is 9.84. The van der Waals surface area contributed by atoms with Crippen LogP contribution in [0.5, 0.6) is 0 Å². The number of anilines is 1. The molecule has 2 saturated heterocycles. The maximum atomic E-state index is 13.3. The summed E-state index contributed by atoms with van der Waals surface area (Å²) in [5, 5.41) is 27.4. The molecule has 0 aliphatic carbocycles. The zero-order valence-electron chi connectivity index (χ0n) is 25.8. The van der Waals surface area contributed by atoms with Gasteiger partial charge in [0.1, 0.15) is 35.8 Å². The smallest absolute Gasteiger partial charge is 0.411 e. The summed E-state index contributed by atoms with van der Waals surface area (Å²) in [6, 6.07) is 22.2. The van der Waals surface area contributed by atoms with Gasteiger partial charge in [-0.1, -0.05) is 66.7 Å². The van der Waals surface area contributed by atoms with Gasteiger partial charge in [0, 0.05) is 31.5 Å². The number of rotatable bonds is 6. The van der Waals surface area contributed by atoms with E-state index in [0.29, 0.717) is 36.3 Å². The Kier molecular flexibility index (Phi) is 8.26. The van der Waals surface area contributed by atoms with E-state index in [2.05, 4.69) is 10.6 Å². The van der Waals surface area contributed by atoms with Gasteiger partial charge in [-0.25, -0.2) is 14.4 Å². The van der Waals surface area contributed by atoms with Crippen molar-refractivity contribution in [2.45, 2.75) is 49.8 Å². The topological polar surface area (TPSA) is 154 Å². The highest BCUT2D eigenvalue weighted by atomic mass is 16.6. The fourth-order valence-corrected chi connectivity index (χ4v) is 6.72. The van der Waals surface area contributed by atoms with E-state index in [1.807, 2.05) is 61.5 Å². The first kappa shape index (κ1) is 30.8. The van der Waals surface area contributed by atoms with Crippen molar-refractivity contribution in [1.29, 1.82) is 0 Å². The highest BCUT2D eigenvalue weighted by molar-refractivity contribution is 5.78. The van der Waals surface area contributed by atoms with Crippen molar-refractivity contribution in [2.75, 3.05) is 32.6 Å². The lowest BCUT2D eigenvalue weighted by molar-refractivity contribution is 0.0190. The molecule has 3 heterocycles. The Bertz CT molecular complexity index is 1670. The molecular formula is C33H36N6O7. The molecule has 3 aromatic carbocycles. The molecule has 13 nitrogen and oxygen atoms in total. The van der Waals surface area contributed by atoms with Gasteiger partial charge in [-0.3, -0.25) is 15.1 Å². The molecule has 4 atom stereocenters. The number of aryl methyl sites for hydroxylation is 1. The van der Waals surface area contributed by atoms with E-state index < -0.39 is 41.8 Å². The summed E-state index contributed by atoms with van der Waals surface area (Å²) in [5.41, 5.74) is 1.40. The van der Waals surface area contributed by atoms with Crippen molar-refractivity contribution in [3.8, 4) is 0 Å². The number of aliphatic hydroxyl groups is 1. The standard InChI is InChI=1S/C33H36N6O7/c1-21-10-7-8-13-23(21)32(16-18-38(30(41)44-2)27(32)35-29(40)46-20-22-11-5-4-6-12-22)37-36-25-15-9-14-24-26(25)34-28-33(24,43)17-19-39(28)31(42)45-3/h4-15,27-28,34,43H,16-20H2,1-3H3,(H,35,40)/b37-36+/t27?,28?,32-,33-/m0/s1. The summed E-state index contributed by atoms with van der Waals surface area (Å²) in [4.78, 5) is 41.6. The Morgan fingerprint density at radius 1 is 0.913 bits per heavy atom. The van der Waals surface area contributed by atoms with E-state index in [4.69, 9.17) is 24.4 Å². The number of hydrogen-bond acceptors (Lipinski definition) is 10. The summed E-state index contributed by atoms with van der Waals surface area (Å²) >= 11 is 0. The number of amides is 3. The maximum absolute atomic E-state index is 13.3. The Hall–Kier alpha value is -5.17. The van der Waals surface area contributed by atoms with Crippen LogP contribution in [0.2, 0.25) is 0 Å². The summed E-state index contributed by atoms with van der Waals surface area (Å²) in [6.07, 6.45) is -3.07. The SMILES string of the molecule is COC(=O)N1CC[C@](/N=N/c2cccc3c2NC2N(C(=O)OC)CC[C@]32O)(c2ccccc2C)C1NC(=O)OCc1ccccc1. The Morgan fingerprint density at radius 3 is 2.33 bits per heavy atom. The molecule has 13 heteroatoms. The van der Waals surface area contributed by atoms with Crippen LogP contribution in [0.3, 0.4) is 0 Å². The molecule has 2 fully saturated rings. The van der Waals surface area contributed by atoms with Crippen molar-refractivity contribution in [3.05, 3.63) is 95.1 Å². The van der Waals surface area contributed by atoms with E-state index in [-0.39, 0.29) is 13.2 Å². The van der Waals surface area contributed by atoms with Gasteiger partial charge in [0.15, 0.2) is 0 Å². The molecule has 2 unspecified atom stereocenters. The lowest BCUT2D eigenvalue weighted by Gasteiger charge is -2.35. The highest BCUT2D eigenvalue weighted by Crippen LogP contribution is 2.51. The number of azo groups is 1. The van der Waals surface area contributed by atoms with E-state index in [1.54, 1.807) is 18.2 Å². The van der Waals surface area contributed by atoms with Crippen LogP contribution in [-0.4, -0.2) is 72.8 Å². The molecule has 0 aromatic heterocycles. The third-order valence-corrected chi connectivity index (χ3v) is 9.02. The van der Waals surface area contributed by atoms with Gasteiger partial charge in [0.05, 0.1) is 19.9 Å². The molecule has 3 aliphatic heterocycles. The normalized spacial score (nSPS) is 24.7. The molecule has 46 heavy (non-hydrogen) atoms. The first-order valence-electron chi connectivity index (χ1n) is 15.0.